The number of rotatable bonds is 3. The van der Waals surface area contributed by atoms with Crippen LogP contribution in [0.3, 0.4) is 0 Å². The first-order valence-electron chi connectivity index (χ1n) is 6.44. The zero-order valence-corrected chi connectivity index (χ0v) is 10.7. The van der Waals surface area contributed by atoms with Gasteiger partial charge in [0.25, 0.3) is 0 Å². The Bertz CT molecular complexity index is 345. The van der Waals surface area contributed by atoms with Crippen molar-refractivity contribution in [3.63, 3.8) is 0 Å². The van der Waals surface area contributed by atoms with Gasteiger partial charge >= 0.3 is 0 Å². The van der Waals surface area contributed by atoms with Gasteiger partial charge in [0.15, 0.2) is 0 Å². The van der Waals surface area contributed by atoms with Gasteiger partial charge < -0.3 is 5.32 Å². The molecule has 0 heterocycles. The van der Waals surface area contributed by atoms with Gasteiger partial charge in [0.1, 0.15) is 0 Å². The Kier molecular flexibility index (Phi) is 3.65. The van der Waals surface area contributed by atoms with E-state index in [4.69, 9.17) is 0 Å². The summed E-state index contributed by atoms with van der Waals surface area (Å²) in [6, 6.07) is 9.54. The Hall–Kier alpha value is -0.820. The van der Waals surface area contributed by atoms with Crippen molar-refractivity contribution in [1.29, 1.82) is 0 Å². The van der Waals surface area contributed by atoms with Gasteiger partial charge in [-0.3, -0.25) is 0 Å². The maximum atomic E-state index is 3.44. The molecule has 1 saturated carbocycles. The highest BCUT2D eigenvalue weighted by Gasteiger charge is 2.31. The van der Waals surface area contributed by atoms with Crippen molar-refractivity contribution in [3.05, 3.63) is 35.4 Å². The molecule has 0 aromatic heterocycles. The fourth-order valence-electron chi connectivity index (χ4n) is 3.06. The predicted octanol–water partition coefficient (Wildman–Crippen LogP) is 3.17. The van der Waals surface area contributed by atoms with Gasteiger partial charge in [-0.05, 0) is 56.2 Å². The second kappa shape index (κ2) is 5.01. The lowest BCUT2D eigenvalue weighted by Gasteiger charge is -2.21. The highest BCUT2D eigenvalue weighted by Crippen LogP contribution is 2.34. The van der Waals surface area contributed by atoms with E-state index < -0.39 is 0 Å². The molecule has 1 N–H and O–H groups in total. The Balaban J connectivity index is 2.04. The molecule has 0 spiro atoms. The number of benzene rings is 1. The average Bonchev–Trinajstić information content (AvgIpc) is 2.63. The second-order valence-electron chi connectivity index (χ2n) is 5.22. The fraction of sp³-hybridized carbons (Fsp3) is 0.600. The second-order valence-corrected chi connectivity index (χ2v) is 5.22. The van der Waals surface area contributed by atoms with Crippen molar-refractivity contribution in [2.75, 3.05) is 7.05 Å². The molecule has 1 nitrogen and oxygen atoms in total. The van der Waals surface area contributed by atoms with E-state index in [1.165, 1.54) is 30.4 Å². The Labute approximate surface area is 99.3 Å². The first kappa shape index (κ1) is 11.7. The summed E-state index contributed by atoms with van der Waals surface area (Å²) in [4.78, 5) is 0. The SMILES string of the molecule is CNC1CCC(Cc2ccccc2C)C1C. The summed E-state index contributed by atoms with van der Waals surface area (Å²) in [5.41, 5.74) is 2.98. The van der Waals surface area contributed by atoms with E-state index in [-0.39, 0.29) is 0 Å². The van der Waals surface area contributed by atoms with E-state index in [9.17, 15) is 0 Å². The molecule has 1 aromatic carbocycles. The molecule has 1 heteroatoms. The summed E-state index contributed by atoms with van der Waals surface area (Å²) in [5, 5.41) is 3.44. The smallest absolute Gasteiger partial charge is 0.00925 e. The maximum absolute atomic E-state index is 3.44. The molecule has 16 heavy (non-hydrogen) atoms. The van der Waals surface area contributed by atoms with Crippen LogP contribution in [0.2, 0.25) is 0 Å². The fourth-order valence-corrected chi connectivity index (χ4v) is 3.06. The van der Waals surface area contributed by atoms with Crippen LogP contribution in [0.1, 0.15) is 30.9 Å². The first-order chi connectivity index (χ1) is 7.72. The first-order valence-corrected chi connectivity index (χ1v) is 6.44. The zero-order chi connectivity index (χ0) is 11.5. The molecular weight excluding hydrogens is 194 g/mol. The van der Waals surface area contributed by atoms with Gasteiger partial charge in [-0.2, -0.15) is 0 Å². The van der Waals surface area contributed by atoms with Crippen LogP contribution in [0.5, 0.6) is 0 Å². The lowest BCUT2D eigenvalue weighted by Crippen LogP contribution is -2.29. The summed E-state index contributed by atoms with van der Waals surface area (Å²) < 4.78 is 0. The predicted molar refractivity (Wildman–Crippen MR) is 69.6 cm³/mol. The number of hydrogen-bond acceptors (Lipinski definition) is 1. The number of hydrogen-bond donors (Lipinski definition) is 1. The summed E-state index contributed by atoms with van der Waals surface area (Å²) in [7, 11) is 2.09. The number of nitrogens with one attached hydrogen (secondary N) is 1. The molecule has 0 saturated heterocycles. The lowest BCUT2D eigenvalue weighted by molar-refractivity contribution is 0.363. The van der Waals surface area contributed by atoms with Gasteiger partial charge in [-0.1, -0.05) is 31.2 Å². The molecule has 1 aromatic rings. The molecular formula is C15H23N. The molecule has 0 radical (unpaired) electrons. The maximum Gasteiger partial charge on any atom is 0.00925 e. The summed E-state index contributed by atoms with van der Waals surface area (Å²) in [6.07, 6.45) is 3.97. The van der Waals surface area contributed by atoms with E-state index in [2.05, 4.69) is 50.5 Å². The molecule has 0 bridgehead atoms. The van der Waals surface area contributed by atoms with E-state index in [1.807, 2.05) is 0 Å². The van der Waals surface area contributed by atoms with Crippen molar-refractivity contribution < 1.29 is 0 Å². The molecule has 1 fully saturated rings. The number of aryl methyl sites for hydroxylation is 1. The van der Waals surface area contributed by atoms with Crippen molar-refractivity contribution >= 4 is 0 Å². The normalized spacial score (nSPS) is 29.6. The van der Waals surface area contributed by atoms with Crippen molar-refractivity contribution in [2.45, 2.75) is 39.2 Å². The van der Waals surface area contributed by atoms with E-state index in [1.54, 1.807) is 0 Å². The minimum atomic E-state index is 0.731. The van der Waals surface area contributed by atoms with Crippen LogP contribution < -0.4 is 5.32 Å². The minimum absolute atomic E-state index is 0.731. The molecule has 0 amide bonds. The third-order valence-electron chi connectivity index (χ3n) is 4.34. The van der Waals surface area contributed by atoms with Crippen LogP contribution in [0.15, 0.2) is 24.3 Å². The van der Waals surface area contributed by atoms with Crippen LogP contribution in [0.25, 0.3) is 0 Å². The van der Waals surface area contributed by atoms with Crippen molar-refractivity contribution in [2.24, 2.45) is 11.8 Å². The van der Waals surface area contributed by atoms with Crippen molar-refractivity contribution in [1.82, 2.24) is 5.32 Å². The molecule has 2 rings (SSSR count). The van der Waals surface area contributed by atoms with Crippen LogP contribution in [-0.2, 0) is 6.42 Å². The summed E-state index contributed by atoms with van der Waals surface area (Å²) in [6.45, 7) is 4.63. The summed E-state index contributed by atoms with van der Waals surface area (Å²) >= 11 is 0. The Morgan fingerprint density at radius 3 is 2.62 bits per heavy atom. The third-order valence-corrected chi connectivity index (χ3v) is 4.34. The van der Waals surface area contributed by atoms with Crippen molar-refractivity contribution in [3.8, 4) is 0 Å². The van der Waals surface area contributed by atoms with Crippen LogP contribution >= 0.6 is 0 Å². The minimum Gasteiger partial charge on any atom is -0.317 e. The molecule has 1 aliphatic rings. The highest BCUT2D eigenvalue weighted by molar-refractivity contribution is 5.26. The van der Waals surface area contributed by atoms with Gasteiger partial charge in [0.2, 0.25) is 0 Å². The highest BCUT2D eigenvalue weighted by atomic mass is 14.9. The standard InChI is InChI=1S/C15H23N/c1-11-6-4-5-7-13(11)10-14-8-9-15(16-3)12(14)2/h4-7,12,14-16H,8-10H2,1-3H3. The summed E-state index contributed by atoms with van der Waals surface area (Å²) in [5.74, 6) is 1.67. The largest absolute Gasteiger partial charge is 0.317 e. The van der Waals surface area contributed by atoms with Gasteiger partial charge in [0, 0.05) is 6.04 Å². The Morgan fingerprint density at radius 1 is 1.25 bits per heavy atom. The van der Waals surface area contributed by atoms with E-state index in [0.717, 1.165) is 17.9 Å². The molecule has 3 atom stereocenters. The third kappa shape index (κ3) is 2.30. The molecule has 3 unspecified atom stereocenters. The van der Waals surface area contributed by atoms with Crippen LogP contribution in [0, 0.1) is 18.8 Å². The molecule has 88 valence electrons. The Morgan fingerprint density at radius 2 is 2.00 bits per heavy atom. The van der Waals surface area contributed by atoms with Gasteiger partial charge in [0.05, 0.1) is 0 Å². The van der Waals surface area contributed by atoms with E-state index in [0.29, 0.717) is 0 Å². The zero-order valence-electron chi connectivity index (χ0n) is 10.7. The molecule has 0 aliphatic heterocycles. The van der Waals surface area contributed by atoms with Gasteiger partial charge in [-0.15, -0.1) is 0 Å². The monoisotopic (exact) mass is 217 g/mol. The average molecular weight is 217 g/mol. The van der Waals surface area contributed by atoms with Crippen LogP contribution in [-0.4, -0.2) is 13.1 Å². The van der Waals surface area contributed by atoms with E-state index >= 15 is 0 Å². The van der Waals surface area contributed by atoms with Gasteiger partial charge in [-0.25, -0.2) is 0 Å². The topological polar surface area (TPSA) is 12.0 Å². The quantitative estimate of drug-likeness (QED) is 0.820. The molecule has 1 aliphatic carbocycles. The van der Waals surface area contributed by atoms with Crippen LogP contribution in [0.4, 0.5) is 0 Å². The lowest BCUT2D eigenvalue weighted by atomic mass is 9.88.